The Labute approximate surface area is 109 Å². The normalized spacial score (nSPS) is 12.9. The molecule has 1 nitrogen and oxygen atoms in total. The third-order valence-electron chi connectivity index (χ3n) is 3.81. The molecule has 1 rings (SSSR count). The van der Waals surface area contributed by atoms with E-state index in [0.717, 1.165) is 6.42 Å². The van der Waals surface area contributed by atoms with Gasteiger partial charge in [-0.1, -0.05) is 38.5 Å². The Kier molecular flexibility index (Phi) is 4.54. The van der Waals surface area contributed by atoms with Crippen molar-refractivity contribution in [3.05, 3.63) is 29.3 Å². The van der Waals surface area contributed by atoms with Crippen molar-refractivity contribution < 1.29 is 0 Å². The maximum absolute atomic E-state index is 2.51. The first-order valence-electron chi connectivity index (χ1n) is 6.36. The van der Waals surface area contributed by atoms with Crippen molar-refractivity contribution in [1.29, 1.82) is 0 Å². The van der Waals surface area contributed by atoms with Gasteiger partial charge < -0.3 is 4.31 Å². The summed E-state index contributed by atoms with van der Waals surface area (Å²) >= 11 is 0. The summed E-state index contributed by atoms with van der Waals surface area (Å²) in [6, 6.07) is 6.83. The van der Waals surface area contributed by atoms with Crippen molar-refractivity contribution in [2.75, 3.05) is 23.9 Å². The molecule has 0 heterocycles. The lowest BCUT2D eigenvalue weighted by atomic mass is 10.1. The molecule has 0 N–H and O–H groups in total. The molecule has 0 bridgehead atoms. The molecule has 98 valence electrons. The molecule has 0 radical (unpaired) electrons. The lowest BCUT2D eigenvalue weighted by Gasteiger charge is -2.46. The number of benzene rings is 1. The monoisotopic (exact) mass is 253 g/mol. The fourth-order valence-corrected chi connectivity index (χ4v) is 3.19. The first kappa shape index (κ1) is 14.4. The number of nitrogens with zero attached hydrogens (tertiary/aromatic N) is 1. The minimum absolute atomic E-state index is 0.707. The van der Waals surface area contributed by atoms with E-state index in [2.05, 4.69) is 69.8 Å². The van der Waals surface area contributed by atoms with Crippen LogP contribution in [0.2, 0.25) is 0 Å². The SMILES string of the molecule is CCc1cc(C)ccc1N(C)S(C)(C)C(C)C. The second kappa shape index (κ2) is 5.34. The van der Waals surface area contributed by atoms with Crippen molar-refractivity contribution in [2.45, 2.75) is 39.4 Å². The standard InChI is InChI=1S/C15H27NS/c1-8-14-11-13(4)9-10-15(14)16(5)17(6,7)12(2)3/h9-12H,8H2,1-7H3. The highest BCUT2D eigenvalue weighted by Crippen LogP contribution is 2.50. The topological polar surface area (TPSA) is 3.24 Å². The minimum Gasteiger partial charge on any atom is -0.337 e. The highest BCUT2D eigenvalue weighted by Gasteiger charge is 2.23. The zero-order valence-corrected chi connectivity index (χ0v) is 13.2. The van der Waals surface area contributed by atoms with Crippen LogP contribution in [0.15, 0.2) is 18.2 Å². The summed E-state index contributed by atoms with van der Waals surface area (Å²) in [5.74, 6) is 0. The summed E-state index contributed by atoms with van der Waals surface area (Å²) in [6.45, 7) is 9.06. The molecular formula is C15H27NS. The molecular weight excluding hydrogens is 226 g/mol. The van der Waals surface area contributed by atoms with Crippen LogP contribution in [0, 0.1) is 6.92 Å². The van der Waals surface area contributed by atoms with E-state index in [0.29, 0.717) is 5.25 Å². The van der Waals surface area contributed by atoms with E-state index in [9.17, 15) is 0 Å². The lowest BCUT2D eigenvalue weighted by molar-refractivity contribution is 1.06. The van der Waals surface area contributed by atoms with Crippen LogP contribution in [0.3, 0.4) is 0 Å². The molecule has 0 fully saturated rings. The maximum atomic E-state index is 2.51. The molecule has 0 amide bonds. The van der Waals surface area contributed by atoms with Crippen molar-refractivity contribution in [3.63, 3.8) is 0 Å². The fourth-order valence-electron chi connectivity index (χ4n) is 1.87. The zero-order valence-electron chi connectivity index (χ0n) is 12.4. The first-order valence-corrected chi connectivity index (χ1v) is 8.83. The van der Waals surface area contributed by atoms with Crippen LogP contribution in [-0.4, -0.2) is 24.8 Å². The van der Waals surface area contributed by atoms with E-state index in [-0.39, 0.29) is 0 Å². The van der Waals surface area contributed by atoms with Crippen LogP contribution in [-0.2, 0) is 6.42 Å². The van der Waals surface area contributed by atoms with E-state index in [4.69, 9.17) is 0 Å². The highest BCUT2D eigenvalue weighted by molar-refractivity contribution is 8.34. The van der Waals surface area contributed by atoms with Gasteiger partial charge in [-0.05, 0) is 42.7 Å². The molecule has 0 aliphatic heterocycles. The summed E-state index contributed by atoms with van der Waals surface area (Å²) < 4.78 is 2.51. The van der Waals surface area contributed by atoms with Gasteiger partial charge in [0.05, 0.1) is 0 Å². The summed E-state index contributed by atoms with van der Waals surface area (Å²) in [5.41, 5.74) is 4.23. The molecule has 0 unspecified atom stereocenters. The zero-order chi connectivity index (χ0) is 13.2. The van der Waals surface area contributed by atoms with Gasteiger partial charge in [-0.25, -0.2) is 0 Å². The Hall–Kier alpha value is -0.630. The summed E-state index contributed by atoms with van der Waals surface area (Å²) in [7, 11) is 1.51. The highest BCUT2D eigenvalue weighted by atomic mass is 32.3. The lowest BCUT2D eigenvalue weighted by Crippen LogP contribution is -2.28. The van der Waals surface area contributed by atoms with Crippen molar-refractivity contribution in [1.82, 2.24) is 0 Å². The van der Waals surface area contributed by atoms with Gasteiger partial charge in [-0.15, -0.1) is 0 Å². The van der Waals surface area contributed by atoms with Crippen LogP contribution in [0.4, 0.5) is 5.69 Å². The molecule has 0 aliphatic rings. The van der Waals surface area contributed by atoms with Gasteiger partial charge in [-0.2, -0.15) is 10.2 Å². The Morgan fingerprint density at radius 1 is 1.24 bits per heavy atom. The summed E-state index contributed by atoms with van der Waals surface area (Å²) in [5, 5.41) is 0.707. The molecule has 1 aromatic rings. The van der Waals surface area contributed by atoms with Crippen LogP contribution >= 0.6 is 10.2 Å². The van der Waals surface area contributed by atoms with E-state index >= 15 is 0 Å². The molecule has 0 atom stereocenters. The quantitative estimate of drug-likeness (QED) is 0.769. The van der Waals surface area contributed by atoms with Gasteiger partial charge in [0.25, 0.3) is 0 Å². The second-order valence-electron chi connectivity index (χ2n) is 5.38. The molecule has 0 saturated heterocycles. The third-order valence-corrected chi connectivity index (χ3v) is 7.73. The number of anilines is 1. The Balaban J connectivity index is 3.16. The summed E-state index contributed by atoms with van der Waals surface area (Å²) in [4.78, 5) is 0. The Bertz CT molecular complexity index is 383. The molecule has 0 spiro atoms. The van der Waals surface area contributed by atoms with Gasteiger partial charge in [0.15, 0.2) is 0 Å². The Morgan fingerprint density at radius 3 is 2.29 bits per heavy atom. The predicted octanol–water partition coefficient (Wildman–Crippen LogP) is 4.38. The maximum Gasteiger partial charge on any atom is 0.0482 e. The average Bonchev–Trinajstić information content (AvgIpc) is 2.27. The number of hydrogen-bond acceptors (Lipinski definition) is 1. The first-order chi connectivity index (χ1) is 7.80. The average molecular weight is 253 g/mol. The second-order valence-corrected chi connectivity index (χ2v) is 9.57. The Morgan fingerprint density at radius 2 is 1.82 bits per heavy atom. The predicted molar refractivity (Wildman–Crippen MR) is 83.5 cm³/mol. The van der Waals surface area contributed by atoms with Gasteiger partial charge in [0.1, 0.15) is 0 Å². The van der Waals surface area contributed by atoms with Crippen molar-refractivity contribution in [3.8, 4) is 0 Å². The van der Waals surface area contributed by atoms with Gasteiger partial charge >= 0.3 is 0 Å². The number of aryl methyl sites for hydroxylation is 2. The third kappa shape index (κ3) is 2.98. The van der Waals surface area contributed by atoms with Crippen molar-refractivity contribution in [2.24, 2.45) is 0 Å². The van der Waals surface area contributed by atoms with Gasteiger partial charge in [0.2, 0.25) is 0 Å². The van der Waals surface area contributed by atoms with E-state index < -0.39 is 10.2 Å². The molecule has 1 aromatic carbocycles. The van der Waals surface area contributed by atoms with E-state index in [1.165, 1.54) is 16.8 Å². The van der Waals surface area contributed by atoms with Gasteiger partial charge in [0, 0.05) is 12.7 Å². The molecule has 0 aliphatic carbocycles. The molecule has 0 aromatic heterocycles. The number of hydrogen-bond donors (Lipinski definition) is 0. The van der Waals surface area contributed by atoms with Crippen LogP contribution in [0.1, 0.15) is 31.9 Å². The largest absolute Gasteiger partial charge is 0.337 e. The van der Waals surface area contributed by atoms with Crippen molar-refractivity contribution >= 4 is 15.9 Å². The van der Waals surface area contributed by atoms with Crippen LogP contribution < -0.4 is 4.31 Å². The van der Waals surface area contributed by atoms with E-state index in [1.54, 1.807) is 0 Å². The fraction of sp³-hybridized carbons (Fsp3) is 0.600. The minimum atomic E-state index is -0.742. The molecule has 0 saturated carbocycles. The van der Waals surface area contributed by atoms with Crippen LogP contribution in [0.25, 0.3) is 0 Å². The number of rotatable bonds is 4. The van der Waals surface area contributed by atoms with Gasteiger partial charge in [-0.3, -0.25) is 0 Å². The molecule has 2 heteroatoms. The van der Waals surface area contributed by atoms with Crippen LogP contribution in [0.5, 0.6) is 0 Å². The molecule has 17 heavy (non-hydrogen) atoms. The summed E-state index contributed by atoms with van der Waals surface area (Å²) in [6.07, 6.45) is 5.91. The van der Waals surface area contributed by atoms with E-state index in [1.807, 2.05) is 0 Å². The smallest absolute Gasteiger partial charge is 0.0482 e.